The summed E-state index contributed by atoms with van der Waals surface area (Å²) < 4.78 is 6.68. The molecule has 0 unspecified atom stereocenters. The number of hydrogen-bond donors (Lipinski definition) is 0. The van der Waals surface area contributed by atoms with Crippen molar-refractivity contribution in [1.82, 2.24) is 0 Å². The van der Waals surface area contributed by atoms with Gasteiger partial charge in [-0.1, -0.05) is 48.8 Å². The first-order chi connectivity index (χ1) is 9.40. The molecule has 0 spiro atoms. The first kappa shape index (κ1) is 14.6. The molecular formula is C17H16BrNO. The molecule has 0 fully saturated rings. The lowest BCUT2D eigenvalue weighted by atomic mass is 9.87. The number of nitrogens with zero attached hydrogens (tertiary/aromatic N) is 1. The quantitative estimate of drug-likeness (QED) is 0.737. The Bertz CT molecular complexity index is 648. The lowest BCUT2D eigenvalue weighted by Crippen LogP contribution is -2.10. The molecule has 0 amide bonds. The van der Waals surface area contributed by atoms with Crippen molar-refractivity contribution in [3.05, 3.63) is 58.1 Å². The minimum atomic E-state index is 0.117. The summed E-state index contributed by atoms with van der Waals surface area (Å²) in [5, 5.41) is 9.09. The van der Waals surface area contributed by atoms with Crippen molar-refractivity contribution in [3.63, 3.8) is 0 Å². The first-order valence-electron chi connectivity index (χ1n) is 6.38. The van der Waals surface area contributed by atoms with Crippen LogP contribution in [-0.2, 0) is 5.41 Å². The van der Waals surface area contributed by atoms with Gasteiger partial charge in [-0.05, 0) is 41.3 Å². The third kappa shape index (κ3) is 3.40. The topological polar surface area (TPSA) is 33.0 Å². The van der Waals surface area contributed by atoms with Gasteiger partial charge in [0.15, 0.2) is 0 Å². The minimum absolute atomic E-state index is 0.117. The Kier molecular flexibility index (Phi) is 4.15. The number of hydrogen-bond acceptors (Lipinski definition) is 2. The number of halogens is 1. The van der Waals surface area contributed by atoms with Crippen molar-refractivity contribution in [2.75, 3.05) is 0 Å². The van der Waals surface area contributed by atoms with Crippen LogP contribution >= 0.6 is 15.9 Å². The second-order valence-corrected chi connectivity index (χ2v) is 6.54. The average molecular weight is 330 g/mol. The van der Waals surface area contributed by atoms with E-state index in [0.29, 0.717) is 11.3 Å². The molecule has 20 heavy (non-hydrogen) atoms. The summed E-state index contributed by atoms with van der Waals surface area (Å²) in [4.78, 5) is 0. The fraction of sp³-hybridized carbons (Fsp3) is 0.235. The van der Waals surface area contributed by atoms with Crippen molar-refractivity contribution in [1.29, 1.82) is 5.26 Å². The minimum Gasteiger partial charge on any atom is -0.456 e. The molecule has 2 rings (SSSR count). The van der Waals surface area contributed by atoms with Crippen LogP contribution in [-0.4, -0.2) is 0 Å². The van der Waals surface area contributed by atoms with E-state index in [0.717, 1.165) is 10.2 Å². The van der Waals surface area contributed by atoms with Crippen molar-refractivity contribution >= 4 is 15.9 Å². The van der Waals surface area contributed by atoms with Crippen LogP contribution in [0.3, 0.4) is 0 Å². The fourth-order valence-electron chi connectivity index (χ4n) is 1.82. The van der Waals surface area contributed by atoms with Gasteiger partial charge in [0.1, 0.15) is 17.6 Å². The smallest absolute Gasteiger partial charge is 0.146 e. The summed E-state index contributed by atoms with van der Waals surface area (Å²) >= 11 is 3.39. The van der Waals surface area contributed by atoms with Crippen LogP contribution in [0.5, 0.6) is 11.5 Å². The van der Waals surface area contributed by atoms with E-state index in [1.54, 1.807) is 12.1 Å². The summed E-state index contributed by atoms with van der Waals surface area (Å²) in [7, 11) is 0. The van der Waals surface area contributed by atoms with E-state index < -0.39 is 0 Å². The molecule has 0 aromatic heterocycles. The van der Waals surface area contributed by atoms with E-state index in [1.807, 2.05) is 18.2 Å². The van der Waals surface area contributed by atoms with Crippen LogP contribution < -0.4 is 4.74 Å². The van der Waals surface area contributed by atoms with Gasteiger partial charge in [-0.3, -0.25) is 0 Å². The summed E-state index contributed by atoms with van der Waals surface area (Å²) in [6, 6.07) is 15.5. The highest BCUT2D eigenvalue weighted by Crippen LogP contribution is 2.30. The Balaban J connectivity index is 2.27. The summed E-state index contributed by atoms with van der Waals surface area (Å²) in [6.45, 7) is 6.51. The van der Waals surface area contributed by atoms with Gasteiger partial charge >= 0.3 is 0 Å². The van der Waals surface area contributed by atoms with Gasteiger partial charge < -0.3 is 4.74 Å². The highest BCUT2D eigenvalue weighted by Gasteiger charge is 2.13. The Hall–Kier alpha value is -1.79. The number of rotatable bonds is 2. The number of ether oxygens (including phenoxy) is 1. The predicted octanol–water partition coefficient (Wildman–Crippen LogP) is 5.41. The Morgan fingerprint density at radius 1 is 1.05 bits per heavy atom. The second-order valence-electron chi connectivity index (χ2n) is 5.63. The summed E-state index contributed by atoms with van der Waals surface area (Å²) in [5.74, 6) is 1.29. The molecule has 0 aliphatic heterocycles. The SMILES string of the molecule is CC(C)(C)c1ccc(Oc2cc(Br)ccc2C#N)cc1. The molecule has 0 atom stereocenters. The molecule has 0 bridgehead atoms. The maximum Gasteiger partial charge on any atom is 0.146 e. The van der Waals surface area contributed by atoms with Gasteiger partial charge in [0, 0.05) is 4.47 Å². The molecule has 2 aromatic rings. The average Bonchev–Trinajstić information content (AvgIpc) is 2.38. The van der Waals surface area contributed by atoms with Crippen LogP contribution in [0, 0.1) is 11.3 Å². The summed E-state index contributed by atoms with van der Waals surface area (Å²) in [5.41, 5.74) is 1.89. The van der Waals surface area contributed by atoms with Crippen molar-refractivity contribution in [2.24, 2.45) is 0 Å². The standard InChI is InChI=1S/C17H16BrNO/c1-17(2,3)13-5-8-15(9-6-13)20-16-10-14(18)7-4-12(16)11-19/h4-10H,1-3H3. The lowest BCUT2D eigenvalue weighted by molar-refractivity contribution is 0.479. The van der Waals surface area contributed by atoms with Crippen LogP contribution in [0.15, 0.2) is 46.9 Å². The Labute approximate surface area is 128 Å². The van der Waals surface area contributed by atoms with Gasteiger partial charge in [-0.25, -0.2) is 0 Å². The van der Waals surface area contributed by atoms with Crippen LogP contribution in [0.25, 0.3) is 0 Å². The molecule has 0 radical (unpaired) electrons. The third-order valence-corrected chi connectivity index (χ3v) is 3.51. The fourth-order valence-corrected chi connectivity index (χ4v) is 2.16. The molecule has 2 nitrogen and oxygen atoms in total. The lowest BCUT2D eigenvalue weighted by Gasteiger charge is -2.19. The van der Waals surface area contributed by atoms with Gasteiger partial charge in [-0.15, -0.1) is 0 Å². The normalized spacial score (nSPS) is 10.9. The van der Waals surface area contributed by atoms with Crippen molar-refractivity contribution in [2.45, 2.75) is 26.2 Å². The number of benzene rings is 2. The highest BCUT2D eigenvalue weighted by molar-refractivity contribution is 9.10. The Morgan fingerprint density at radius 2 is 1.70 bits per heavy atom. The molecule has 0 saturated heterocycles. The summed E-state index contributed by atoms with van der Waals surface area (Å²) in [6.07, 6.45) is 0. The zero-order valence-electron chi connectivity index (χ0n) is 11.8. The second kappa shape index (κ2) is 5.68. The Morgan fingerprint density at radius 3 is 2.25 bits per heavy atom. The molecule has 0 heterocycles. The third-order valence-electron chi connectivity index (χ3n) is 3.01. The van der Waals surface area contributed by atoms with Crippen LogP contribution in [0.4, 0.5) is 0 Å². The van der Waals surface area contributed by atoms with Gasteiger partial charge in [0.05, 0.1) is 5.56 Å². The molecule has 0 saturated carbocycles. The van der Waals surface area contributed by atoms with Gasteiger partial charge in [0.25, 0.3) is 0 Å². The highest BCUT2D eigenvalue weighted by atomic mass is 79.9. The first-order valence-corrected chi connectivity index (χ1v) is 7.17. The largest absolute Gasteiger partial charge is 0.456 e. The monoisotopic (exact) mass is 329 g/mol. The molecule has 102 valence electrons. The van der Waals surface area contributed by atoms with E-state index in [-0.39, 0.29) is 5.41 Å². The predicted molar refractivity (Wildman–Crippen MR) is 84.1 cm³/mol. The van der Waals surface area contributed by atoms with E-state index in [9.17, 15) is 0 Å². The van der Waals surface area contributed by atoms with Gasteiger partial charge in [0.2, 0.25) is 0 Å². The molecule has 0 aliphatic carbocycles. The number of nitriles is 1. The maximum absolute atomic E-state index is 9.09. The van der Waals surface area contributed by atoms with E-state index in [2.05, 4.69) is 54.9 Å². The van der Waals surface area contributed by atoms with E-state index in [1.165, 1.54) is 5.56 Å². The van der Waals surface area contributed by atoms with Crippen molar-refractivity contribution < 1.29 is 4.74 Å². The zero-order chi connectivity index (χ0) is 14.8. The molecular weight excluding hydrogens is 314 g/mol. The zero-order valence-corrected chi connectivity index (χ0v) is 13.4. The van der Waals surface area contributed by atoms with Crippen molar-refractivity contribution in [3.8, 4) is 17.6 Å². The molecule has 2 aromatic carbocycles. The van der Waals surface area contributed by atoms with E-state index in [4.69, 9.17) is 10.00 Å². The van der Waals surface area contributed by atoms with Crippen LogP contribution in [0.2, 0.25) is 0 Å². The van der Waals surface area contributed by atoms with Crippen LogP contribution in [0.1, 0.15) is 31.9 Å². The molecule has 3 heteroatoms. The van der Waals surface area contributed by atoms with E-state index >= 15 is 0 Å². The molecule has 0 N–H and O–H groups in total. The van der Waals surface area contributed by atoms with Gasteiger partial charge in [-0.2, -0.15) is 5.26 Å². The maximum atomic E-state index is 9.09. The molecule has 0 aliphatic rings.